The molecule has 1 rings (SSSR count). The lowest BCUT2D eigenvalue weighted by Gasteiger charge is -2.09. The maximum atomic E-state index is 10.9. The van der Waals surface area contributed by atoms with E-state index in [0.29, 0.717) is 5.56 Å². The molecule has 1 atom stereocenters. The van der Waals surface area contributed by atoms with Gasteiger partial charge in [-0.05, 0) is 24.1 Å². The number of hydrogen-bond donors (Lipinski definition) is 1. The molecule has 0 saturated heterocycles. The van der Waals surface area contributed by atoms with Crippen molar-refractivity contribution in [3.05, 3.63) is 39.9 Å². The minimum Gasteiger partial charge on any atom is -0.469 e. The fraction of sp³-hybridized carbons (Fsp3) is 0.364. The van der Waals surface area contributed by atoms with Gasteiger partial charge in [-0.15, -0.1) is 0 Å². The zero-order chi connectivity index (χ0) is 12.8. The number of nitro groups is 1. The second-order valence-electron chi connectivity index (χ2n) is 3.48. The molecule has 6 nitrogen and oxygen atoms in total. The van der Waals surface area contributed by atoms with Gasteiger partial charge in [0, 0.05) is 18.6 Å². The highest BCUT2D eigenvalue weighted by Gasteiger charge is 2.12. The summed E-state index contributed by atoms with van der Waals surface area (Å²) >= 11 is 0. The highest BCUT2D eigenvalue weighted by atomic mass is 16.6. The number of nitro benzene ring substituents is 1. The Labute approximate surface area is 98.0 Å². The van der Waals surface area contributed by atoms with Crippen LogP contribution >= 0.6 is 0 Å². The smallest absolute Gasteiger partial charge is 0.305 e. The lowest BCUT2D eigenvalue weighted by atomic mass is 10.0. The molecule has 0 aliphatic heterocycles. The summed E-state index contributed by atoms with van der Waals surface area (Å²) in [5, 5.41) is 20.1. The summed E-state index contributed by atoms with van der Waals surface area (Å²) in [7, 11) is 1.28. The van der Waals surface area contributed by atoms with E-state index >= 15 is 0 Å². The molecule has 0 aliphatic rings. The molecule has 1 aromatic rings. The van der Waals surface area contributed by atoms with Crippen molar-refractivity contribution < 1.29 is 19.6 Å². The molecule has 0 heterocycles. The van der Waals surface area contributed by atoms with Crippen molar-refractivity contribution in [1.29, 1.82) is 0 Å². The van der Waals surface area contributed by atoms with Crippen LogP contribution in [0.5, 0.6) is 0 Å². The summed E-state index contributed by atoms with van der Waals surface area (Å²) in [6.07, 6.45) is -0.492. The molecule has 0 amide bonds. The number of methoxy groups -OCH3 is 1. The van der Waals surface area contributed by atoms with E-state index in [-0.39, 0.29) is 18.5 Å². The van der Waals surface area contributed by atoms with Crippen molar-refractivity contribution in [2.24, 2.45) is 0 Å². The molecule has 0 aromatic heterocycles. The van der Waals surface area contributed by atoms with Gasteiger partial charge < -0.3 is 9.84 Å². The van der Waals surface area contributed by atoms with E-state index in [1.54, 1.807) is 0 Å². The first-order valence-electron chi connectivity index (χ1n) is 5.04. The molecule has 0 saturated carbocycles. The Hall–Kier alpha value is -1.95. The van der Waals surface area contributed by atoms with Gasteiger partial charge >= 0.3 is 5.97 Å². The summed E-state index contributed by atoms with van der Waals surface area (Å²) in [6.45, 7) is 0. The van der Waals surface area contributed by atoms with Gasteiger partial charge in [0.15, 0.2) is 0 Å². The van der Waals surface area contributed by atoms with Gasteiger partial charge in [0.05, 0.1) is 18.1 Å². The van der Waals surface area contributed by atoms with Crippen LogP contribution in [0.4, 0.5) is 5.69 Å². The van der Waals surface area contributed by atoms with Crippen LogP contribution in [-0.4, -0.2) is 23.1 Å². The van der Waals surface area contributed by atoms with Crippen molar-refractivity contribution in [3.63, 3.8) is 0 Å². The van der Waals surface area contributed by atoms with Crippen molar-refractivity contribution in [2.45, 2.75) is 18.9 Å². The number of hydrogen-bond acceptors (Lipinski definition) is 5. The molecular formula is C11H13NO5. The molecule has 0 bridgehead atoms. The molecule has 92 valence electrons. The number of aliphatic hydroxyl groups excluding tert-OH is 1. The van der Waals surface area contributed by atoms with Crippen molar-refractivity contribution in [1.82, 2.24) is 0 Å². The largest absolute Gasteiger partial charge is 0.469 e. The first kappa shape index (κ1) is 13.1. The van der Waals surface area contributed by atoms with E-state index in [1.165, 1.54) is 31.4 Å². The number of carbonyl (C=O) groups excluding carboxylic acids is 1. The molecule has 0 fully saturated rings. The quantitative estimate of drug-likeness (QED) is 0.478. The number of rotatable bonds is 5. The number of carbonyl (C=O) groups is 1. The molecule has 1 aromatic carbocycles. The molecule has 6 heteroatoms. The number of esters is 1. The summed E-state index contributed by atoms with van der Waals surface area (Å²) in [4.78, 5) is 20.8. The lowest BCUT2D eigenvalue weighted by Crippen LogP contribution is -2.04. The number of nitrogens with zero attached hydrogens (tertiary/aromatic N) is 1. The Bertz CT molecular complexity index is 401. The summed E-state index contributed by atoms with van der Waals surface area (Å²) < 4.78 is 4.45. The van der Waals surface area contributed by atoms with Crippen LogP contribution in [0.2, 0.25) is 0 Å². The standard InChI is InChI=1S/C11H13NO5/c1-17-11(14)7-6-10(13)8-2-4-9(5-3-8)12(15)16/h2-5,10,13H,6-7H2,1H3. The van der Waals surface area contributed by atoms with Crippen LogP contribution in [0.25, 0.3) is 0 Å². The third-order valence-corrected chi connectivity index (χ3v) is 2.34. The molecular weight excluding hydrogens is 226 g/mol. The summed E-state index contributed by atoms with van der Waals surface area (Å²) in [5.74, 6) is -0.397. The predicted octanol–water partition coefficient (Wildman–Crippen LogP) is 1.58. The topological polar surface area (TPSA) is 89.7 Å². The van der Waals surface area contributed by atoms with Crippen molar-refractivity contribution >= 4 is 11.7 Å². The Morgan fingerprint density at radius 1 is 1.47 bits per heavy atom. The first-order chi connectivity index (χ1) is 8.04. The number of ether oxygens (including phenoxy) is 1. The highest BCUT2D eigenvalue weighted by Crippen LogP contribution is 2.21. The van der Waals surface area contributed by atoms with E-state index in [9.17, 15) is 20.0 Å². The molecule has 0 aliphatic carbocycles. The van der Waals surface area contributed by atoms with E-state index in [2.05, 4.69) is 4.74 Å². The number of non-ortho nitro benzene ring substituents is 1. The lowest BCUT2D eigenvalue weighted by molar-refractivity contribution is -0.384. The van der Waals surface area contributed by atoms with Gasteiger partial charge in [0.1, 0.15) is 0 Å². The predicted molar refractivity (Wildman–Crippen MR) is 59.3 cm³/mol. The molecule has 0 spiro atoms. The third kappa shape index (κ3) is 3.84. The van der Waals surface area contributed by atoms with Crippen LogP contribution in [-0.2, 0) is 9.53 Å². The van der Waals surface area contributed by atoms with E-state index < -0.39 is 17.0 Å². The normalized spacial score (nSPS) is 11.9. The Morgan fingerprint density at radius 3 is 2.53 bits per heavy atom. The maximum absolute atomic E-state index is 10.9. The maximum Gasteiger partial charge on any atom is 0.305 e. The highest BCUT2D eigenvalue weighted by molar-refractivity contribution is 5.69. The van der Waals surface area contributed by atoms with E-state index in [0.717, 1.165) is 0 Å². The second-order valence-corrected chi connectivity index (χ2v) is 3.48. The van der Waals surface area contributed by atoms with Crippen molar-refractivity contribution in [3.8, 4) is 0 Å². The van der Waals surface area contributed by atoms with Gasteiger partial charge in [-0.1, -0.05) is 0 Å². The Balaban J connectivity index is 2.60. The number of benzene rings is 1. The monoisotopic (exact) mass is 239 g/mol. The van der Waals surface area contributed by atoms with Crippen molar-refractivity contribution in [2.75, 3.05) is 7.11 Å². The average Bonchev–Trinajstić information content (AvgIpc) is 2.35. The van der Waals surface area contributed by atoms with E-state index in [4.69, 9.17) is 0 Å². The van der Waals surface area contributed by atoms with Crippen LogP contribution in [0.1, 0.15) is 24.5 Å². The van der Waals surface area contributed by atoms with Gasteiger partial charge in [-0.2, -0.15) is 0 Å². The first-order valence-corrected chi connectivity index (χ1v) is 5.04. The second kappa shape index (κ2) is 5.95. The third-order valence-electron chi connectivity index (χ3n) is 2.34. The van der Waals surface area contributed by atoms with Gasteiger partial charge in [-0.3, -0.25) is 14.9 Å². The van der Waals surface area contributed by atoms with Gasteiger partial charge in [-0.25, -0.2) is 0 Å². The Kier molecular flexibility index (Phi) is 4.59. The minimum atomic E-state index is -0.824. The SMILES string of the molecule is COC(=O)CCC(O)c1ccc([N+](=O)[O-])cc1. The number of aliphatic hydroxyl groups is 1. The zero-order valence-electron chi connectivity index (χ0n) is 9.33. The fourth-order valence-electron chi connectivity index (χ4n) is 1.34. The zero-order valence-corrected chi connectivity index (χ0v) is 9.33. The van der Waals surface area contributed by atoms with Crippen LogP contribution < -0.4 is 0 Å². The van der Waals surface area contributed by atoms with E-state index in [1.807, 2.05) is 0 Å². The molecule has 1 N–H and O–H groups in total. The van der Waals surface area contributed by atoms with Gasteiger partial charge in [0.25, 0.3) is 5.69 Å². The molecule has 1 unspecified atom stereocenters. The molecule has 17 heavy (non-hydrogen) atoms. The fourth-order valence-corrected chi connectivity index (χ4v) is 1.34. The van der Waals surface area contributed by atoms with Gasteiger partial charge in [0.2, 0.25) is 0 Å². The van der Waals surface area contributed by atoms with Crippen LogP contribution in [0.15, 0.2) is 24.3 Å². The van der Waals surface area contributed by atoms with Crippen LogP contribution in [0.3, 0.4) is 0 Å². The average molecular weight is 239 g/mol. The summed E-state index contributed by atoms with van der Waals surface area (Å²) in [5.41, 5.74) is 0.508. The minimum absolute atomic E-state index is 0.0334. The molecule has 0 radical (unpaired) electrons. The Morgan fingerprint density at radius 2 is 2.06 bits per heavy atom. The van der Waals surface area contributed by atoms with Crippen LogP contribution in [0, 0.1) is 10.1 Å². The summed E-state index contributed by atoms with van der Waals surface area (Å²) in [6, 6.07) is 5.58.